The maximum atomic E-state index is 3.67. The molecule has 1 aliphatic rings. The van der Waals surface area contributed by atoms with E-state index in [0.29, 0.717) is 6.04 Å². The first-order valence-corrected chi connectivity index (χ1v) is 7.56. The van der Waals surface area contributed by atoms with Crippen molar-refractivity contribution in [3.8, 4) is 0 Å². The third-order valence-corrected chi connectivity index (χ3v) is 4.80. The SMILES string of the molecule is CCNC(c1cccs1)C(C)(C)N1CCCC1. The summed E-state index contributed by atoms with van der Waals surface area (Å²) in [6.45, 7) is 10.5. The summed E-state index contributed by atoms with van der Waals surface area (Å²) in [6, 6.07) is 4.87. The molecule has 2 nitrogen and oxygen atoms in total. The van der Waals surface area contributed by atoms with Crippen molar-refractivity contribution < 1.29 is 0 Å². The Morgan fingerprint density at radius 1 is 1.41 bits per heavy atom. The number of likely N-dealkylation sites (tertiary alicyclic amines) is 1. The molecule has 0 bridgehead atoms. The predicted octanol–water partition coefficient (Wildman–Crippen LogP) is 3.27. The van der Waals surface area contributed by atoms with E-state index >= 15 is 0 Å². The van der Waals surface area contributed by atoms with Crippen LogP contribution in [0, 0.1) is 0 Å². The van der Waals surface area contributed by atoms with Crippen LogP contribution in [0.2, 0.25) is 0 Å². The van der Waals surface area contributed by atoms with Gasteiger partial charge in [-0.25, -0.2) is 0 Å². The van der Waals surface area contributed by atoms with Gasteiger partial charge in [-0.15, -0.1) is 11.3 Å². The zero-order valence-corrected chi connectivity index (χ0v) is 12.0. The molecule has 1 fully saturated rings. The maximum Gasteiger partial charge on any atom is 0.0596 e. The quantitative estimate of drug-likeness (QED) is 0.865. The normalized spacial score (nSPS) is 19.7. The lowest BCUT2D eigenvalue weighted by Gasteiger charge is -2.42. The highest BCUT2D eigenvalue weighted by atomic mass is 32.1. The van der Waals surface area contributed by atoms with Gasteiger partial charge in [0.25, 0.3) is 0 Å². The molecule has 0 amide bonds. The van der Waals surface area contributed by atoms with Crippen LogP contribution in [-0.2, 0) is 0 Å². The molecule has 96 valence electrons. The monoisotopic (exact) mass is 252 g/mol. The average molecular weight is 252 g/mol. The van der Waals surface area contributed by atoms with Crippen molar-refractivity contribution in [1.82, 2.24) is 10.2 Å². The molecule has 0 aliphatic carbocycles. The molecule has 1 saturated heterocycles. The van der Waals surface area contributed by atoms with Gasteiger partial charge in [0.15, 0.2) is 0 Å². The molecule has 0 saturated carbocycles. The van der Waals surface area contributed by atoms with Crippen LogP contribution in [0.3, 0.4) is 0 Å². The number of rotatable bonds is 5. The van der Waals surface area contributed by atoms with E-state index in [2.05, 4.69) is 48.5 Å². The highest BCUT2D eigenvalue weighted by molar-refractivity contribution is 7.10. The molecule has 0 spiro atoms. The van der Waals surface area contributed by atoms with E-state index in [9.17, 15) is 0 Å². The predicted molar refractivity (Wildman–Crippen MR) is 75.6 cm³/mol. The Morgan fingerprint density at radius 2 is 2.12 bits per heavy atom. The molecule has 0 aromatic carbocycles. The zero-order chi connectivity index (χ0) is 12.3. The van der Waals surface area contributed by atoms with Crippen molar-refractivity contribution in [2.24, 2.45) is 0 Å². The lowest BCUT2D eigenvalue weighted by Crippen LogP contribution is -2.51. The van der Waals surface area contributed by atoms with Gasteiger partial charge in [-0.3, -0.25) is 4.90 Å². The second-order valence-electron chi connectivity index (χ2n) is 5.35. The summed E-state index contributed by atoms with van der Waals surface area (Å²) in [4.78, 5) is 4.10. The van der Waals surface area contributed by atoms with Crippen molar-refractivity contribution >= 4 is 11.3 Å². The van der Waals surface area contributed by atoms with Gasteiger partial charge in [-0.2, -0.15) is 0 Å². The zero-order valence-electron chi connectivity index (χ0n) is 11.2. The Morgan fingerprint density at radius 3 is 2.65 bits per heavy atom. The van der Waals surface area contributed by atoms with Gasteiger partial charge >= 0.3 is 0 Å². The van der Waals surface area contributed by atoms with Crippen LogP contribution in [0.4, 0.5) is 0 Å². The summed E-state index contributed by atoms with van der Waals surface area (Å²) in [6.07, 6.45) is 2.71. The molecule has 0 radical (unpaired) electrons. The maximum absolute atomic E-state index is 3.67. The van der Waals surface area contributed by atoms with E-state index in [0.717, 1.165) is 6.54 Å². The summed E-state index contributed by atoms with van der Waals surface area (Å²) in [5.41, 5.74) is 0.206. The number of hydrogen-bond donors (Lipinski definition) is 1. The lowest BCUT2D eigenvalue weighted by atomic mass is 9.91. The molecule has 2 heterocycles. The number of thiophene rings is 1. The van der Waals surface area contributed by atoms with Gasteiger partial charge < -0.3 is 5.32 Å². The number of likely N-dealkylation sites (N-methyl/N-ethyl adjacent to an activating group) is 1. The fourth-order valence-electron chi connectivity index (χ4n) is 2.83. The number of nitrogens with zero attached hydrogens (tertiary/aromatic N) is 1. The fourth-order valence-corrected chi connectivity index (χ4v) is 3.81. The van der Waals surface area contributed by atoms with E-state index in [1.54, 1.807) is 0 Å². The van der Waals surface area contributed by atoms with Gasteiger partial charge in [0.1, 0.15) is 0 Å². The Balaban J connectivity index is 2.19. The average Bonchev–Trinajstić information content (AvgIpc) is 2.97. The summed E-state index contributed by atoms with van der Waals surface area (Å²) < 4.78 is 0. The van der Waals surface area contributed by atoms with Crippen molar-refractivity contribution in [1.29, 1.82) is 0 Å². The van der Waals surface area contributed by atoms with Crippen LogP contribution in [0.5, 0.6) is 0 Å². The first-order valence-electron chi connectivity index (χ1n) is 6.68. The van der Waals surface area contributed by atoms with Gasteiger partial charge in [-0.1, -0.05) is 13.0 Å². The van der Waals surface area contributed by atoms with Crippen LogP contribution < -0.4 is 5.32 Å². The summed E-state index contributed by atoms with van der Waals surface area (Å²) in [5.74, 6) is 0. The van der Waals surface area contributed by atoms with Crippen molar-refractivity contribution in [2.75, 3.05) is 19.6 Å². The van der Waals surface area contributed by atoms with Crippen molar-refractivity contribution in [2.45, 2.75) is 45.2 Å². The third kappa shape index (κ3) is 2.72. The highest BCUT2D eigenvalue weighted by Crippen LogP contribution is 2.35. The van der Waals surface area contributed by atoms with Crippen LogP contribution in [0.25, 0.3) is 0 Å². The number of nitrogens with one attached hydrogen (secondary N) is 1. The molecular weight excluding hydrogens is 228 g/mol. The Hall–Kier alpha value is -0.380. The van der Waals surface area contributed by atoms with Gasteiger partial charge in [0, 0.05) is 10.4 Å². The number of hydrogen-bond acceptors (Lipinski definition) is 3. The van der Waals surface area contributed by atoms with Crippen LogP contribution in [0.1, 0.15) is 44.5 Å². The minimum atomic E-state index is 0.206. The summed E-state index contributed by atoms with van der Waals surface area (Å²) >= 11 is 1.87. The standard InChI is InChI=1S/C14H24N2S/c1-4-15-13(12-8-7-11-17-12)14(2,3)16-9-5-6-10-16/h7-8,11,13,15H,4-6,9-10H2,1-3H3. The van der Waals surface area contributed by atoms with Crippen molar-refractivity contribution in [3.63, 3.8) is 0 Å². The summed E-state index contributed by atoms with van der Waals surface area (Å²) in [5, 5.41) is 5.85. The largest absolute Gasteiger partial charge is 0.308 e. The fraction of sp³-hybridized carbons (Fsp3) is 0.714. The smallest absolute Gasteiger partial charge is 0.0596 e. The van der Waals surface area contributed by atoms with E-state index < -0.39 is 0 Å². The van der Waals surface area contributed by atoms with Gasteiger partial charge in [0.05, 0.1) is 6.04 Å². The van der Waals surface area contributed by atoms with Gasteiger partial charge in [-0.05, 0) is 57.8 Å². The highest BCUT2D eigenvalue weighted by Gasteiger charge is 2.37. The second kappa shape index (κ2) is 5.51. The molecule has 1 aliphatic heterocycles. The molecule has 1 N–H and O–H groups in total. The molecule has 1 aromatic heterocycles. The van der Waals surface area contributed by atoms with Crippen molar-refractivity contribution in [3.05, 3.63) is 22.4 Å². The van der Waals surface area contributed by atoms with Crippen LogP contribution in [0.15, 0.2) is 17.5 Å². The van der Waals surface area contributed by atoms with Crippen LogP contribution >= 0.6 is 11.3 Å². The topological polar surface area (TPSA) is 15.3 Å². The summed E-state index contributed by atoms with van der Waals surface area (Å²) in [7, 11) is 0. The second-order valence-corrected chi connectivity index (χ2v) is 6.33. The molecular formula is C14H24N2S. The molecule has 1 atom stereocenters. The first-order chi connectivity index (χ1) is 8.16. The van der Waals surface area contributed by atoms with Crippen LogP contribution in [-0.4, -0.2) is 30.1 Å². The van der Waals surface area contributed by atoms with E-state index in [1.165, 1.54) is 30.8 Å². The molecule has 2 rings (SSSR count). The van der Waals surface area contributed by atoms with E-state index in [1.807, 2.05) is 11.3 Å². The van der Waals surface area contributed by atoms with E-state index in [-0.39, 0.29) is 5.54 Å². The Kier molecular flexibility index (Phi) is 4.23. The third-order valence-electron chi connectivity index (χ3n) is 3.86. The molecule has 1 unspecified atom stereocenters. The Bertz CT molecular complexity index is 326. The minimum Gasteiger partial charge on any atom is -0.308 e. The van der Waals surface area contributed by atoms with E-state index in [4.69, 9.17) is 0 Å². The molecule has 1 aromatic rings. The molecule has 17 heavy (non-hydrogen) atoms. The minimum absolute atomic E-state index is 0.206. The Labute approximate surface area is 109 Å². The first kappa shape index (κ1) is 13.1. The lowest BCUT2D eigenvalue weighted by molar-refractivity contribution is 0.109. The molecule has 3 heteroatoms. The van der Waals surface area contributed by atoms with Gasteiger partial charge in [0.2, 0.25) is 0 Å².